The maximum Gasteiger partial charge on any atom is 0.0716 e. The van der Waals surface area contributed by atoms with Crippen LogP contribution in [0.5, 0.6) is 0 Å². The zero-order chi connectivity index (χ0) is 14.4. The molecule has 20 heavy (non-hydrogen) atoms. The van der Waals surface area contributed by atoms with Crippen LogP contribution in [-0.2, 0) is 24.4 Å². The molecule has 106 valence electrons. The van der Waals surface area contributed by atoms with Gasteiger partial charge in [-0.05, 0) is 36.1 Å². The molecule has 0 unspecified atom stereocenters. The molecule has 0 aromatic heterocycles. The third-order valence-corrected chi connectivity index (χ3v) is 3.55. The van der Waals surface area contributed by atoms with E-state index in [9.17, 15) is 0 Å². The molecule has 1 N–H and O–H groups in total. The van der Waals surface area contributed by atoms with Crippen LogP contribution in [0.2, 0.25) is 0 Å². The van der Waals surface area contributed by atoms with Crippen molar-refractivity contribution in [2.75, 3.05) is 7.11 Å². The fraction of sp³-hybridized carbons (Fsp3) is 0.333. The molecule has 0 saturated heterocycles. The molecule has 2 heteroatoms. The standard InChI is InChI=1S/C18H23NO/c1-14-8-9-16(15(2)10-14)11-19-12-17-6-4-5-7-18(17)13-20-3/h4-10,19H,11-13H2,1-3H3. The Morgan fingerprint density at radius 2 is 1.60 bits per heavy atom. The van der Waals surface area contributed by atoms with Crippen LogP contribution in [0.25, 0.3) is 0 Å². The summed E-state index contributed by atoms with van der Waals surface area (Å²) < 4.78 is 5.24. The fourth-order valence-corrected chi connectivity index (χ4v) is 2.40. The predicted molar refractivity (Wildman–Crippen MR) is 83.6 cm³/mol. The summed E-state index contributed by atoms with van der Waals surface area (Å²) in [7, 11) is 1.74. The summed E-state index contributed by atoms with van der Waals surface area (Å²) in [5.41, 5.74) is 6.58. The van der Waals surface area contributed by atoms with Crippen LogP contribution < -0.4 is 5.32 Å². The normalized spacial score (nSPS) is 10.8. The Morgan fingerprint density at radius 3 is 2.30 bits per heavy atom. The molecular weight excluding hydrogens is 246 g/mol. The van der Waals surface area contributed by atoms with Crippen molar-refractivity contribution in [1.82, 2.24) is 5.32 Å². The van der Waals surface area contributed by atoms with E-state index in [0.29, 0.717) is 6.61 Å². The molecule has 2 rings (SSSR count). The van der Waals surface area contributed by atoms with E-state index in [1.165, 1.54) is 27.8 Å². The summed E-state index contributed by atoms with van der Waals surface area (Å²) in [6.07, 6.45) is 0. The molecule has 0 amide bonds. The first-order valence-corrected chi connectivity index (χ1v) is 7.03. The van der Waals surface area contributed by atoms with Crippen LogP contribution in [0.4, 0.5) is 0 Å². The smallest absolute Gasteiger partial charge is 0.0716 e. The van der Waals surface area contributed by atoms with Gasteiger partial charge in [-0.3, -0.25) is 0 Å². The van der Waals surface area contributed by atoms with Gasteiger partial charge in [-0.1, -0.05) is 48.0 Å². The Bertz CT molecular complexity index is 563. The molecule has 2 aromatic rings. The minimum atomic E-state index is 0.668. The first kappa shape index (κ1) is 14.8. The minimum absolute atomic E-state index is 0.668. The highest BCUT2D eigenvalue weighted by Gasteiger charge is 2.02. The monoisotopic (exact) mass is 269 g/mol. The van der Waals surface area contributed by atoms with Crippen LogP contribution in [0.1, 0.15) is 27.8 Å². The average molecular weight is 269 g/mol. The molecule has 0 saturated carbocycles. The number of nitrogens with one attached hydrogen (secondary N) is 1. The van der Waals surface area contributed by atoms with Crippen LogP contribution in [0, 0.1) is 13.8 Å². The molecule has 0 aliphatic rings. The quantitative estimate of drug-likeness (QED) is 0.862. The van der Waals surface area contributed by atoms with E-state index >= 15 is 0 Å². The highest BCUT2D eigenvalue weighted by molar-refractivity contribution is 5.30. The largest absolute Gasteiger partial charge is 0.380 e. The summed E-state index contributed by atoms with van der Waals surface area (Å²) >= 11 is 0. The molecule has 0 fully saturated rings. The Hall–Kier alpha value is -1.64. The van der Waals surface area contributed by atoms with Crippen LogP contribution in [-0.4, -0.2) is 7.11 Å². The first-order valence-electron chi connectivity index (χ1n) is 7.03. The molecule has 2 aromatic carbocycles. The van der Waals surface area contributed by atoms with E-state index < -0.39 is 0 Å². The Balaban J connectivity index is 1.96. The van der Waals surface area contributed by atoms with Crippen molar-refractivity contribution in [1.29, 1.82) is 0 Å². The SMILES string of the molecule is COCc1ccccc1CNCc1ccc(C)cc1C. The molecule has 0 spiro atoms. The summed E-state index contributed by atoms with van der Waals surface area (Å²) in [6, 6.07) is 15.0. The highest BCUT2D eigenvalue weighted by Crippen LogP contribution is 2.12. The van der Waals surface area contributed by atoms with Gasteiger partial charge in [0.05, 0.1) is 6.61 Å². The molecule has 0 atom stereocenters. The van der Waals surface area contributed by atoms with Crippen LogP contribution in [0.3, 0.4) is 0 Å². The van der Waals surface area contributed by atoms with Gasteiger partial charge in [0.2, 0.25) is 0 Å². The molecule has 0 radical (unpaired) electrons. The third-order valence-electron chi connectivity index (χ3n) is 3.55. The van der Waals surface area contributed by atoms with E-state index in [1.807, 2.05) is 0 Å². The van der Waals surface area contributed by atoms with Gasteiger partial charge in [0.1, 0.15) is 0 Å². The molecule has 0 bridgehead atoms. The number of hydrogen-bond donors (Lipinski definition) is 1. The number of benzene rings is 2. The molecule has 0 aliphatic heterocycles. The van der Waals surface area contributed by atoms with E-state index in [-0.39, 0.29) is 0 Å². The van der Waals surface area contributed by atoms with Gasteiger partial charge in [-0.2, -0.15) is 0 Å². The van der Waals surface area contributed by atoms with Crippen molar-refractivity contribution in [2.45, 2.75) is 33.5 Å². The minimum Gasteiger partial charge on any atom is -0.380 e. The lowest BCUT2D eigenvalue weighted by Crippen LogP contribution is -2.15. The molecular formula is C18H23NO. The lowest BCUT2D eigenvalue weighted by Gasteiger charge is -2.11. The van der Waals surface area contributed by atoms with E-state index in [2.05, 4.69) is 61.6 Å². The fourth-order valence-electron chi connectivity index (χ4n) is 2.40. The van der Waals surface area contributed by atoms with Gasteiger partial charge < -0.3 is 10.1 Å². The van der Waals surface area contributed by atoms with Gasteiger partial charge in [0.25, 0.3) is 0 Å². The number of methoxy groups -OCH3 is 1. The zero-order valence-electron chi connectivity index (χ0n) is 12.6. The van der Waals surface area contributed by atoms with E-state index in [4.69, 9.17) is 4.74 Å². The van der Waals surface area contributed by atoms with E-state index in [0.717, 1.165) is 13.1 Å². The highest BCUT2D eigenvalue weighted by atomic mass is 16.5. The van der Waals surface area contributed by atoms with Gasteiger partial charge in [0, 0.05) is 20.2 Å². The lowest BCUT2D eigenvalue weighted by molar-refractivity contribution is 0.184. The Labute approximate surface area is 121 Å². The number of hydrogen-bond acceptors (Lipinski definition) is 2. The topological polar surface area (TPSA) is 21.3 Å². The second-order valence-electron chi connectivity index (χ2n) is 5.24. The second kappa shape index (κ2) is 7.22. The van der Waals surface area contributed by atoms with Crippen LogP contribution >= 0.6 is 0 Å². The first-order chi connectivity index (χ1) is 9.70. The van der Waals surface area contributed by atoms with Crippen molar-refractivity contribution in [2.24, 2.45) is 0 Å². The van der Waals surface area contributed by atoms with Crippen LogP contribution in [0.15, 0.2) is 42.5 Å². The van der Waals surface area contributed by atoms with Gasteiger partial charge >= 0.3 is 0 Å². The maximum atomic E-state index is 5.24. The summed E-state index contributed by atoms with van der Waals surface area (Å²) in [5.74, 6) is 0. The van der Waals surface area contributed by atoms with Crippen molar-refractivity contribution in [3.05, 3.63) is 70.3 Å². The van der Waals surface area contributed by atoms with Gasteiger partial charge in [0.15, 0.2) is 0 Å². The molecule has 0 aliphatic carbocycles. The Morgan fingerprint density at radius 1 is 0.900 bits per heavy atom. The van der Waals surface area contributed by atoms with Crippen molar-refractivity contribution in [3.8, 4) is 0 Å². The summed E-state index contributed by atoms with van der Waals surface area (Å²) in [5, 5.41) is 3.52. The van der Waals surface area contributed by atoms with Gasteiger partial charge in [-0.25, -0.2) is 0 Å². The third kappa shape index (κ3) is 3.92. The number of ether oxygens (including phenoxy) is 1. The average Bonchev–Trinajstić information content (AvgIpc) is 2.43. The van der Waals surface area contributed by atoms with Crippen molar-refractivity contribution >= 4 is 0 Å². The second-order valence-corrected chi connectivity index (χ2v) is 5.24. The summed E-state index contributed by atoms with van der Waals surface area (Å²) in [6.45, 7) is 6.73. The molecule has 0 heterocycles. The molecule has 2 nitrogen and oxygen atoms in total. The van der Waals surface area contributed by atoms with Crippen molar-refractivity contribution < 1.29 is 4.74 Å². The number of aryl methyl sites for hydroxylation is 2. The maximum absolute atomic E-state index is 5.24. The lowest BCUT2D eigenvalue weighted by atomic mass is 10.1. The number of rotatable bonds is 6. The van der Waals surface area contributed by atoms with Gasteiger partial charge in [-0.15, -0.1) is 0 Å². The van der Waals surface area contributed by atoms with E-state index in [1.54, 1.807) is 7.11 Å². The van der Waals surface area contributed by atoms with Crippen molar-refractivity contribution in [3.63, 3.8) is 0 Å². The summed E-state index contributed by atoms with van der Waals surface area (Å²) in [4.78, 5) is 0. The Kier molecular flexibility index (Phi) is 5.33. The predicted octanol–water partition coefficient (Wildman–Crippen LogP) is 3.74. The zero-order valence-corrected chi connectivity index (χ0v) is 12.6.